The van der Waals surface area contributed by atoms with E-state index in [4.69, 9.17) is 11.6 Å². The topological polar surface area (TPSA) is 78.5 Å². The molecule has 150 valence electrons. The van der Waals surface area contributed by atoms with E-state index in [1.165, 1.54) is 0 Å². The standard InChI is InChI=1S/C22H22ClN3O3/c1-13-10-14(2)19(17(23)11-13)24-18(27)12-26-20(28)22(25-21(26)29)9-5-7-15-6-3-4-8-16(15)22/h3-4,6,8,10-11H,5,7,9,12H2,1-2H3,(H,24,27)(H,25,29)/t22-/m1/s1. The monoisotopic (exact) mass is 411 g/mol. The Morgan fingerprint density at radius 1 is 1.24 bits per heavy atom. The van der Waals surface area contributed by atoms with Crippen molar-refractivity contribution in [2.45, 2.75) is 38.6 Å². The zero-order chi connectivity index (χ0) is 20.8. The lowest BCUT2D eigenvalue weighted by atomic mass is 9.76. The molecule has 2 aliphatic rings. The molecule has 4 rings (SSSR count). The minimum Gasteiger partial charge on any atom is -0.323 e. The smallest absolute Gasteiger partial charge is 0.323 e. The van der Waals surface area contributed by atoms with Gasteiger partial charge in [0.1, 0.15) is 12.1 Å². The number of halogens is 1. The SMILES string of the molecule is Cc1cc(C)c(NC(=O)CN2C(=O)N[C@@]3(CCCc4ccccc43)C2=O)c(Cl)c1. The van der Waals surface area contributed by atoms with Crippen molar-refractivity contribution in [2.24, 2.45) is 0 Å². The largest absolute Gasteiger partial charge is 0.325 e. The number of nitrogens with zero attached hydrogens (tertiary/aromatic N) is 1. The van der Waals surface area contributed by atoms with Crippen LogP contribution in [0.3, 0.4) is 0 Å². The van der Waals surface area contributed by atoms with Crippen LogP contribution in [-0.4, -0.2) is 29.3 Å². The zero-order valence-electron chi connectivity index (χ0n) is 16.3. The number of benzene rings is 2. The number of carbonyl (C=O) groups is 3. The number of imide groups is 1. The number of hydrogen-bond donors (Lipinski definition) is 2. The van der Waals surface area contributed by atoms with Gasteiger partial charge in [-0.05, 0) is 61.4 Å². The average molecular weight is 412 g/mol. The van der Waals surface area contributed by atoms with Gasteiger partial charge >= 0.3 is 6.03 Å². The molecule has 1 aliphatic heterocycles. The van der Waals surface area contributed by atoms with Crippen LogP contribution in [-0.2, 0) is 21.5 Å². The van der Waals surface area contributed by atoms with Gasteiger partial charge in [-0.2, -0.15) is 0 Å². The molecule has 7 heteroatoms. The number of fused-ring (bicyclic) bond motifs is 2. The number of rotatable bonds is 3. The fraction of sp³-hybridized carbons (Fsp3) is 0.318. The van der Waals surface area contributed by atoms with E-state index >= 15 is 0 Å². The molecule has 1 atom stereocenters. The van der Waals surface area contributed by atoms with E-state index in [1.54, 1.807) is 6.07 Å². The molecule has 0 unspecified atom stereocenters. The summed E-state index contributed by atoms with van der Waals surface area (Å²) in [6, 6.07) is 10.8. The second-order valence-corrected chi connectivity index (χ2v) is 8.13. The Hall–Kier alpha value is -2.86. The third-order valence-corrected chi connectivity index (χ3v) is 5.95. The minimum atomic E-state index is -1.08. The van der Waals surface area contributed by atoms with Crippen molar-refractivity contribution in [3.05, 3.63) is 63.7 Å². The number of anilines is 1. The van der Waals surface area contributed by atoms with Crippen LogP contribution >= 0.6 is 11.6 Å². The lowest BCUT2D eigenvalue weighted by Crippen LogP contribution is -2.47. The lowest BCUT2D eigenvalue weighted by molar-refractivity contribution is -0.134. The number of nitrogens with one attached hydrogen (secondary N) is 2. The van der Waals surface area contributed by atoms with Crippen molar-refractivity contribution in [3.8, 4) is 0 Å². The molecule has 1 fully saturated rings. The van der Waals surface area contributed by atoms with Crippen molar-refractivity contribution in [3.63, 3.8) is 0 Å². The highest BCUT2D eigenvalue weighted by atomic mass is 35.5. The van der Waals surface area contributed by atoms with Gasteiger partial charge in [0, 0.05) is 0 Å². The highest BCUT2D eigenvalue weighted by Gasteiger charge is 2.54. The first-order chi connectivity index (χ1) is 13.8. The number of urea groups is 1. The molecule has 2 aromatic rings. The summed E-state index contributed by atoms with van der Waals surface area (Å²) in [5.41, 5.74) is 3.09. The summed E-state index contributed by atoms with van der Waals surface area (Å²) >= 11 is 6.25. The van der Waals surface area contributed by atoms with Crippen molar-refractivity contribution < 1.29 is 14.4 Å². The third kappa shape index (κ3) is 3.27. The summed E-state index contributed by atoms with van der Waals surface area (Å²) in [6.45, 7) is 3.40. The molecular weight excluding hydrogens is 390 g/mol. The van der Waals surface area contributed by atoms with Crippen LogP contribution in [0.15, 0.2) is 36.4 Å². The van der Waals surface area contributed by atoms with Gasteiger partial charge < -0.3 is 10.6 Å². The van der Waals surface area contributed by atoms with E-state index in [-0.39, 0.29) is 12.5 Å². The fourth-order valence-electron chi connectivity index (χ4n) is 4.35. The molecule has 2 aromatic carbocycles. The van der Waals surface area contributed by atoms with Crippen LogP contribution in [0.4, 0.5) is 10.5 Å². The Bertz CT molecular complexity index is 1010. The molecule has 0 bridgehead atoms. The second-order valence-electron chi connectivity index (χ2n) is 7.72. The number of hydrogen-bond acceptors (Lipinski definition) is 3. The zero-order valence-corrected chi connectivity index (χ0v) is 17.1. The summed E-state index contributed by atoms with van der Waals surface area (Å²) in [4.78, 5) is 39.5. The quantitative estimate of drug-likeness (QED) is 0.756. The molecule has 2 N–H and O–H groups in total. The molecule has 0 saturated carbocycles. The molecule has 6 nitrogen and oxygen atoms in total. The van der Waals surface area contributed by atoms with E-state index in [2.05, 4.69) is 10.6 Å². The Kier molecular flexibility index (Phi) is 4.82. The van der Waals surface area contributed by atoms with Gasteiger partial charge in [-0.25, -0.2) is 4.79 Å². The van der Waals surface area contributed by atoms with Gasteiger partial charge in [-0.15, -0.1) is 0 Å². The Balaban J connectivity index is 1.56. The van der Waals surface area contributed by atoms with E-state index in [0.29, 0.717) is 17.1 Å². The predicted molar refractivity (Wildman–Crippen MR) is 111 cm³/mol. The lowest BCUT2D eigenvalue weighted by Gasteiger charge is -2.33. The maximum absolute atomic E-state index is 13.3. The highest BCUT2D eigenvalue weighted by Crippen LogP contribution is 2.39. The van der Waals surface area contributed by atoms with E-state index in [0.717, 1.165) is 40.0 Å². The summed E-state index contributed by atoms with van der Waals surface area (Å²) in [6.07, 6.45) is 2.18. The van der Waals surface area contributed by atoms with Gasteiger partial charge in [0.15, 0.2) is 0 Å². The Morgan fingerprint density at radius 2 is 2.00 bits per heavy atom. The maximum Gasteiger partial charge on any atom is 0.325 e. The maximum atomic E-state index is 13.3. The van der Waals surface area contributed by atoms with E-state index in [9.17, 15) is 14.4 Å². The summed E-state index contributed by atoms with van der Waals surface area (Å²) in [7, 11) is 0. The number of aryl methyl sites for hydroxylation is 3. The minimum absolute atomic E-state index is 0.363. The van der Waals surface area contributed by atoms with Gasteiger partial charge in [0.2, 0.25) is 5.91 Å². The van der Waals surface area contributed by atoms with E-state index in [1.807, 2.05) is 44.2 Å². The van der Waals surface area contributed by atoms with Crippen LogP contribution in [0.1, 0.15) is 35.1 Å². The fourth-order valence-corrected chi connectivity index (χ4v) is 4.72. The van der Waals surface area contributed by atoms with Gasteiger partial charge in [0.25, 0.3) is 5.91 Å². The van der Waals surface area contributed by atoms with Crippen LogP contribution < -0.4 is 10.6 Å². The molecule has 0 aromatic heterocycles. The first kappa shape index (κ1) is 19.5. The van der Waals surface area contributed by atoms with Crippen molar-refractivity contribution >= 4 is 35.1 Å². The summed E-state index contributed by atoms with van der Waals surface area (Å²) < 4.78 is 0. The predicted octanol–water partition coefficient (Wildman–Crippen LogP) is 3.68. The van der Waals surface area contributed by atoms with Crippen molar-refractivity contribution in [1.82, 2.24) is 10.2 Å². The number of amides is 4. The van der Waals surface area contributed by atoms with Gasteiger partial charge in [-0.1, -0.05) is 41.9 Å². The molecule has 1 heterocycles. The molecule has 29 heavy (non-hydrogen) atoms. The molecular formula is C22H22ClN3O3. The normalized spacial score (nSPS) is 20.6. The van der Waals surface area contributed by atoms with Gasteiger partial charge in [-0.3, -0.25) is 14.5 Å². The summed E-state index contributed by atoms with van der Waals surface area (Å²) in [5.74, 6) is -0.847. The third-order valence-electron chi connectivity index (χ3n) is 5.65. The van der Waals surface area contributed by atoms with Crippen LogP contribution in [0.2, 0.25) is 5.02 Å². The van der Waals surface area contributed by atoms with E-state index < -0.39 is 17.5 Å². The second kappa shape index (κ2) is 7.19. The average Bonchev–Trinajstić information content (AvgIpc) is 2.90. The number of carbonyl (C=O) groups excluding carboxylic acids is 3. The van der Waals surface area contributed by atoms with Gasteiger partial charge in [0.05, 0.1) is 10.7 Å². The van der Waals surface area contributed by atoms with Crippen molar-refractivity contribution in [1.29, 1.82) is 0 Å². The highest BCUT2D eigenvalue weighted by molar-refractivity contribution is 6.34. The van der Waals surface area contributed by atoms with Crippen molar-refractivity contribution in [2.75, 3.05) is 11.9 Å². The molecule has 0 radical (unpaired) electrons. The van der Waals surface area contributed by atoms with Crippen LogP contribution in [0.5, 0.6) is 0 Å². The Morgan fingerprint density at radius 3 is 2.76 bits per heavy atom. The van der Waals surface area contributed by atoms with Crippen LogP contribution in [0, 0.1) is 13.8 Å². The Labute approximate surface area is 174 Å². The summed E-state index contributed by atoms with van der Waals surface area (Å²) in [5, 5.41) is 6.02. The first-order valence-electron chi connectivity index (χ1n) is 9.61. The molecule has 1 aliphatic carbocycles. The first-order valence-corrected chi connectivity index (χ1v) is 9.99. The molecule has 1 spiro atoms. The molecule has 1 saturated heterocycles. The molecule has 4 amide bonds. The van der Waals surface area contributed by atoms with Crippen LogP contribution in [0.25, 0.3) is 0 Å².